The molecule has 4 atom stereocenters. The highest BCUT2D eigenvalue weighted by Gasteiger charge is 2.36. The summed E-state index contributed by atoms with van der Waals surface area (Å²) in [6, 6.07) is 4.27. The van der Waals surface area contributed by atoms with Crippen molar-refractivity contribution in [1.29, 1.82) is 0 Å². The number of imidazole rings is 1. The number of anilines is 1. The molecule has 2 heterocycles. The second-order valence-electron chi connectivity index (χ2n) is 10.6. The number of hydrogen-bond acceptors (Lipinski definition) is 5. The number of Topliss-reactive ketones (excluding diaryl/α,β-unsaturated/α-hetero) is 1. The average molecular weight is 468 g/mol. The van der Waals surface area contributed by atoms with Crippen LogP contribution < -0.4 is 4.90 Å². The molecular formula is C27H37N3O4. The van der Waals surface area contributed by atoms with Crippen LogP contribution in [0, 0.1) is 11.8 Å². The maximum atomic E-state index is 12.6. The zero-order chi connectivity index (χ0) is 24.0. The SMILES string of the molecule is COC(=O)N1c2ccc3c(nc([C@H](O)C4CCCC4)n3[C@@H]3CCC[C@@H](C(C)=O)C3)c2CC[C@@H]1C. The molecular weight excluding hydrogens is 430 g/mol. The van der Waals surface area contributed by atoms with Gasteiger partial charge in [0.1, 0.15) is 17.7 Å². The number of aryl methyl sites for hydroxylation is 1. The van der Waals surface area contributed by atoms with Crippen LogP contribution in [0.25, 0.3) is 11.0 Å². The molecule has 34 heavy (non-hydrogen) atoms. The number of fused-ring (bicyclic) bond motifs is 3. The van der Waals surface area contributed by atoms with Crippen molar-refractivity contribution < 1.29 is 19.4 Å². The third-order valence-electron chi connectivity index (χ3n) is 8.55. The van der Waals surface area contributed by atoms with Gasteiger partial charge in [0, 0.05) is 23.6 Å². The van der Waals surface area contributed by atoms with Gasteiger partial charge < -0.3 is 14.4 Å². The molecule has 7 heteroatoms. The summed E-state index contributed by atoms with van der Waals surface area (Å²) in [6.07, 6.45) is 8.80. The number of aliphatic hydroxyl groups excluding tert-OH is 1. The molecule has 0 unspecified atom stereocenters. The summed E-state index contributed by atoms with van der Waals surface area (Å²) in [6.45, 7) is 3.74. The van der Waals surface area contributed by atoms with Crippen LogP contribution in [0.3, 0.4) is 0 Å². The number of rotatable bonds is 4. The first-order chi connectivity index (χ1) is 16.4. The highest BCUT2D eigenvalue weighted by atomic mass is 16.5. The van der Waals surface area contributed by atoms with Gasteiger partial charge in [0.2, 0.25) is 0 Å². The molecule has 0 spiro atoms. The van der Waals surface area contributed by atoms with E-state index < -0.39 is 6.10 Å². The van der Waals surface area contributed by atoms with Crippen molar-refractivity contribution in [3.63, 3.8) is 0 Å². The van der Waals surface area contributed by atoms with E-state index in [1.54, 1.807) is 11.8 Å². The lowest BCUT2D eigenvalue weighted by atomic mass is 9.83. The van der Waals surface area contributed by atoms with Crippen LogP contribution in [0.1, 0.15) is 95.2 Å². The van der Waals surface area contributed by atoms with Crippen molar-refractivity contribution in [3.8, 4) is 0 Å². The molecule has 1 aromatic heterocycles. The van der Waals surface area contributed by atoms with Gasteiger partial charge in [-0.25, -0.2) is 9.78 Å². The second kappa shape index (κ2) is 9.33. The Labute approximate surface area is 201 Å². The van der Waals surface area contributed by atoms with Gasteiger partial charge in [-0.05, 0) is 76.8 Å². The van der Waals surface area contributed by atoms with Crippen molar-refractivity contribution >= 4 is 28.6 Å². The zero-order valence-corrected chi connectivity index (χ0v) is 20.6. The quantitative estimate of drug-likeness (QED) is 0.643. The summed E-state index contributed by atoms with van der Waals surface area (Å²) < 4.78 is 7.34. The molecule has 1 amide bonds. The highest BCUT2D eigenvalue weighted by molar-refractivity contribution is 5.95. The predicted octanol–water partition coefficient (Wildman–Crippen LogP) is 5.49. The molecule has 2 aromatic rings. The van der Waals surface area contributed by atoms with Crippen LogP contribution in [0.4, 0.5) is 10.5 Å². The number of hydrogen-bond donors (Lipinski definition) is 1. The molecule has 0 bridgehead atoms. The van der Waals surface area contributed by atoms with Gasteiger partial charge in [-0.2, -0.15) is 0 Å². The zero-order valence-electron chi connectivity index (χ0n) is 20.6. The molecule has 2 aliphatic carbocycles. The van der Waals surface area contributed by atoms with E-state index in [9.17, 15) is 14.7 Å². The highest BCUT2D eigenvalue weighted by Crippen LogP contribution is 2.44. The molecule has 1 N–H and O–H groups in total. The molecule has 0 radical (unpaired) electrons. The molecule has 1 aliphatic heterocycles. The van der Waals surface area contributed by atoms with Crippen LogP contribution in [0.5, 0.6) is 0 Å². The number of ether oxygens (including phenoxy) is 1. The Kier molecular flexibility index (Phi) is 6.40. The van der Waals surface area contributed by atoms with E-state index in [0.717, 1.165) is 92.3 Å². The number of benzene rings is 1. The molecule has 184 valence electrons. The van der Waals surface area contributed by atoms with E-state index in [0.29, 0.717) is 0 Å². The lowest BCUT2D eigenvalue weighted by Crippen LogP contribution is -2.42. The molecule has 5 rings (SSSR count). The van der Waals surface area contributed by atoms with E-state index in [-0.39, 0.29) is 35.8 Å². The molecule has 3 aliphatic rings. The minimum atomic E-state index is -0.609. The van der Waals surface area contributed by atoms with Gasteiger partial charge in [-0.1, -0.05) is 19.3 Å². The fourth-order valence-electron chi connectivity index (χ4n) is 6.64. The van der Waals surface area contributed by atoms with E-state index in [1.807, 2.05) is 13.0 Å². The van der Waals surface area contributed by atoms with Gasteiger partial charge in [0.15, 0.2) is 0 Å². The third kappa shape index (κ3) is 3.92. The largest absolute Gasteiger partial charge is 0.452 e. The van der Waals surface area contributed by atoms with Crippen molar-refractivity contribution in [1.82, 2.24) is 9.55 Å². The predicted molar refractivity (Wildman–Crippen MR) is 131 cm³/mol. The normalized spacial score (nSPS) is 26.5. The fourth-order valence-corrected chi connectivity index (χ4v) is 6.64. The number of nitrogens with zero attached hydrogens (tertiary/aromatic N) is 3. The Balaban J connectivity index is 1.65. The number of methoxy groups -OCH3 is 1. The molecule has 1 aromatic carbocycles. The van der Waals surface area contributed by atoms with Crippen molar-refractivity contribution in [2.24, 2.45) is 11.8 Å². The Hall–Kier alpha value is -2.41. The van der Waals surface area contributed by atoms with Gasteiger partial charge in [-0.3, -0.25) is 9.69 Å². The molecule has 7 nitrogen and oxygen atoms in total. The summed E-state index contributed by atoms with van der Waals surface area (Å²) in [7, 11) is 1.42. The average Bonchev–Trinajstić information content (AvgIpc) is 3.51. The minimum absolute atomic E-state index is 0.0534. The van der Waals surface area contributed by atoms with Crippen LogP contribution >= 0.6 is 0 Å². The van der Waals surface area contributed by atoms with Gasteiger partial charge in [0.25, 0.3) is 0 Å². The third-order valence-corrected chi connectivity index (χ3v) is 8.55. The fraction of sp³-hybridized carbons (Fsp3) is 0.667. The number of amides is 1. The van der Waals surface area contributed by atoms with Crippen LogP contribution in [-0.2, 0) is 16.0 Å². The van der Waals surface area contributed by atoms with Crippen LogP contribution in [-0.4, -0.2) is 39.7 Å². The Bertz CT molecular complexity index is 1090. The topological polar surface area (TPSA) is 84.7 Å². The van der Waals surface area contributed by atoms with E-state index in [2.05, 4.69) is 10.6 Å². The summed E-state index contributed by atoms with van der Waals surface area (Å²) in [5, 5.41) is 11.5. The Morgan fingerprint density at radius 1 is 1.12 bits per heavy atom. The molecule has 2 saturated carbocycles. The Morgan fingerprint density at radius 2 is 1.88 bits per heavy atom. The van der Waals surface area contributed by atoms with Crippen LogP contribution in [0.2, 0.25) is 0 Å². The van der Waals surface area contributed by atoms with Gasteiger partial charge in [-0.15, -0.1) is 0 Å². The number of aliphatic hydroxyl groups is 1. The standard InChI is InChI=1S/C27H37N3O4/c1-16-11-12-21-22(29(16)27(33)34-3)13-14-23-24(21)28-26(25(32)18-7-4-5-8-18)30(23)20-10-6-9-19(15-20)17(2)31/h13-14,16,18-20,25,32H,4-12,15H2,1-3H3/t16-,19+,20+,25+/m0/s1. The van der Waals surface area contributed by atoms with Crippen LogP contribution in [0.15, 0.2) is 12.1 Å². The van der Waals surface area contributed by atoms with Gasteiger partial charge >= 0.3 is 6.09 Å². The number of ketones is 1. The number of aromatic nitrogens is 2. The maximum Gasteiger partial charge on any atom is 0.414 e. The summed E-state index contributed by atoms with van der Waals surface area (Å²) in [5.74, 6) is 1.30. The maximum absolute atomic E-state index is 12.6. The van der Waals surface area contributed by atoms with E-state index >= 15 is 0 Å². The first-order valence-corrected chi connectivity index (χ1v) is 13.0. The first-order valence-electron chi connectivity index (χ1n) is 13.0. The summed E-state index contributed by atoms with van der Waals surface area (Å²) in [4.78, 5) is 31.7. The summed E-state index contributed by atoms with van der Waals surface area (Å²) >= 11 is 0. The van der Waals surface area contributed by atoms with Crippen molar-refractivity contribution in [2.45, 2.75) is 96.2 Å². The monoisotopic (exact) mass is 467 g/mol. The minimum Gasteiger partial charge on any atom is -0.452 e. The summed E-state index contributed by atoms with van der Waals surface area (Å²) in [5.41, 5.74) is 3.81. The number of carbonyl (C=O) groups is 2. The smallest absolute Gasteiger partial charge is 0.414 e. The Morgan fingerprint density at radius 3 is 2.59 bits per heavy atom. The first kappa shape index (κ1) is 23.3. The lowest BCUT2D eigenvalue weighted by Gasteiger charge is -2.34. The molecule has 2 fully saturated rings. The second-order valence-corrected chi connectivity index (χ2v) is 10.6. The van der Waals surface area contributed by atoms with Crippen molar-refractivity contribution in [3.05, 3.63) is 23.5 Å². The van der Waals surface area contributed by atoms with E-state index in [1.165, 1.54) is 7.11 Å². The number of carbonyl (C=O) groups excluding carboxylic acids is 2. The van der Waals surface area contributed by atoms with E-state index in [4.69, 9.17) is 9.72 Å². The van der Waals surface area contributed by atoms with Crippen molar-refractivity contribution in [2.75, 3.05) is 12.0 Å². The lowest BCUT2D eigenvalue weighted by molar-refractivity contribution is -0.122. The molecule has 0 saturated heterocycles. The van der Waals surface area contributed by atoms with Gasteiger partial charge in [0.05, 0.1) is 23.8 Å².